The van der Waals surface area contributed by atoms with E-state index in [1.54, 1.807) is 18.6 Å². The van der Waals surface area contributed by atoms with E-state index in [2.05, 4.69) is 20.5 Å². The van der Waals surface area contributed by atoms with E-state index in [-0.39, 0.29) is 5.91 Å². The van der Waals surface area contributed by atoms with E-state index in [1.165, 1.54) is 6.20 Å². The van der Waals surface area contributed by atoms with Gasteiger partial charge in [-0.2, -0.15) is 5.10 Å². The zero-order valence-corrected chi connectivity index (χ0v) is 9.64. The van der Waals surface area contributed by atoms with E-state index in [0.29, 0.717) is 11.3 Å². The number of hydrogen-bond acceptors (Lipinski definition) is 4. The molecule has 0 saturated heterocycles. The summed E-state index contributed by atoms with van der Waals surface area (Å²) in [6.07, 6.45) is 6.32. The maximum Gasteiger partial charge on any atom is 0.258 e. The molecule has 0 saturated carbocycles. The third-order valence-corrected chi connectivity index (χ3v) is 2.29. The smallest absolute Gasteiger partial charge is 0.258 e. The van der Waals surface area contributed by atoms with Gasteiger partial charge in [0, 0.05) is 26.5 Å². The zero-order valence-electron chi connectivity index (χ0n) is 9.64. The molecule has 0 aliphatic rings. The van der Waals surface area contributed by atoms with E-state index in [9.17, 15) is 4.79 Å². The van der Waals surface area contributed by atoms with Gasteiger partial charge in [-0.1, -0.05) is 0 Å². The van der Waals surface area contributed by atoms with Crippen molar-refractivity contribution in [2.75, 3.05) is 24.3 Å². The molecule has 0 aromatic carbocycles. The minimum atomic E-state index is -0.213. The van der Waals surface area contributed by atoms with E-state index in [1.807, 2.05) is 25.1 Å². The number of carbonyl (C=O) groups excluding carboxylic acids is 1. The van der Waals surface area contributed by atoms with Gasteiger partial charge in [0.2, 0.25) is 0 Å². The highest BCUT2D eigenvalue weighted by Gasteiger charge is 2.10. The van der Waals surface area contributed by atoms with Crippen molar-refractivity contribution < 1.29 is 4.79 Å². The Kier molecular flexibility index (Phi) is 3.04. The molecule has 2 rings (SSSR count). The Hall–Kier alpha value is -2.37. The molecular formula is C11H13N5O. The molecular weight excluding hydrogens is 218 g/mol. The SMILES string of the molecule is CN(C)c1ccncc1NC(=O)c1cn[nH]c1. The van der Waals surface area contributed by atoms with Crippen molar-refractivity contribution in [1.29, 1.82) is 0 Å². The van der Waals surface area contributed by atoms with E-state index >= 15 is 0 Å². The molecule has 0 bridgehead atoms. The fraction of sp³-hybridized carbons (Fsp3) is 0.182. The number of hydrogen-bond donors (Lipinski definition) is 2. The lowest BCUT2D eigenvalue weighted by atomic mass is 10.3. The third kappa shape index (κ3) is 2.41. The second-order valence-corrected chi connectivity index (χ2v) is 3.73. The molecule has 0 fully saturated rings. The van der Waals surface area contributed by atoms with Crippen LogP contribution in [0.3, 0.4) is 0 Å². The Morgan fingerprint density at radius 1 is 1.41 bits per heavy atom. The molecule has 2 aromatic rings. The van der Waals surface area contributed by atoms with Crippen LogP contribution < -0.4 is 10.2 Å². The lowest BCUT2D eigenvalue weighted by Crippen LogP contribution is -2.16. The molecule has 0 radical (unpaired) electrons. The minimum Gasteiger partial charge on any atom is -0.376 e. The quantitative estimate of drug-likeness (QED) is 0.830. The van der Waals surface area contributed by atoms with Crippen LogP contribution in [0.25, 0.3) is 0 Å². The first kappa shape index (κ1) is 11.1. The molecule has 1 amide bonds. The number of rotatable bonds is 3. The van der Waals surface area contributed by atoms with Crippen LogP contribution in [0.1, 0.15) is 10.4 Å². The lowest BCUT2D eigenvalue weighted by molar-refractivity contribution is 0.102. The first-order valence-corrected chi connectivity index (χ1v) is 5.10. The predicted octanol–water partition coefficient (Wildman–Crippen LogP) is 1.12. The average molecular weight is 231 g/mol. The maximum atomic E-state index is 11.8. The summed E-state index contributed by atoms with van der Waals surface area (Å²) >= 11 is 0. The molecule has 17 heavy (non-hydrogen) atoms. The van der Waals surface area contributed by atoms with Gasteiger partial charge in [-0.3, -0.25) is 14.9 Å². The van der Waals surface area contributed by atoms with Crippen molar-refractivity contribution >= 4 is 17.3 Å². The number of nitrogens with one attached hydrogen (secondary N) is 2. The predicted molar refractivity (Wildman–Crippen MR) is 65.1 cm³/mol. The second-order valence-electron chi connectivity index (χ2n) is 3.73. The van der Waals surface area contributed by atoms with Gasteiger partial charge in [-0.15, -0.1) is 0 Å². The fourth-order valence-corrected chi connectivity index (χ4v) is 1.44. The van der Waals surface area contributed by atoms with Crippen LogP contribution in [-0.2, 0) is 0 Å². The summed E-state index contributed by atoms with van der Waals surface area (Å²) < 4.78 is 0. The summed E-state index contributed by atoms with van der Waals surface area (Å²) in [5.74, 6) is -0.213. The molecule has 0 aliphatic carbocycles. The molecule has 0 spiro atoms. The first-order chi connectivity index (χ1) is 8.18. The number of aromatic nitrogens is 3. The summed E-state index contributed by atoms with van der Waals surface area (Å²) in [6, 6.07) is 1.84. The van der Waals surface area contributed by atoms with Crippen LogP contribution >= 0.6 is 0 Å². The Morgan fingerprint density at radius 2 is 2.24 bits per heavy atom. The number of anilines is 2. The summed E-state index contributed by atoms with van der Waals surface area (Å²) in [6.45, 7) is 0. The van der Waals surface area contributed by atoms with Crippen LogP contribution in [0.5, 0.6) is 0 Å². The Morgan fingerprint density at radius 3 is 2.88 bits per heavy atom. The van der Waals surface area contributed by atoms with Gasteiger partial charge in [-0.05, 0) is 6.07 Å². The zero-order chi connectivity index (χ0) is 12.3. The van der Waals surface area contributed by atoms with E-state index in [4.69, 9.17) is 0 Å². The molecule has 88 valence electrons. The Bertz CT molecular complexity index is 506. The fourth-order valence-electron chi connectivity index (χ4n) is 1.44. The Labute approximate surface area is 98.7 Å². The van der Waals surface area contributed by atoms with Gasteiger partial charge in [-0.25, -0.2) is 0 Å². The van der Waals surface area contributed by atoms with Gasteiger partial charge in [0.15, 0.2) is 0 Å². The van der Waals surface area contributed by atoms with E-state index in [0.717, 1.165) is 5.69 Å². The van der Waals surface area contributed by atoms with Crippen LogP contribution in [0.2, 0.25) is 0 Å². The normalized spacial score (nSPS) is 10.0. The maximum absolute atomic E-state index is 11.8. The minimum absolute atomic E-state index is 0.213. The highest BCUT2D eigenvalue weighted by molar-refractivity contribution is 6.05. The summed E-state index contributed by atoms with van der Waals surface area (Å²) in [4.78, 5) is 17.7. The first-order valence-electron chi connectivity index (χ1n) is 5.10. The van der Waals surface area contributed by atoms with Crippen molar-refractivity contribution in [2.45, 2.75) is 0 Å². The highest BCUT2D eigenvalue weighted by Crippen LogP contribution is 2.22. The number of carbonyl (C=O) groups is 1. The molecule has 0 atom stereocenters. The Balaban J connectivity index is 2.22. The lowest BCUT2D eigenvalue weighted by Gasteiger charge is -2.16. The number of H-pyrrole nitrogens is 1. The van der Waals surface area contributed by atoms with Gasteiger partial charge in [0.05, 0.1) is 29.3 Å². The van der Waals surface area contributed by atoms with Crippen LogP contribution in [0.15, 0.2) is 30.9 Å². The standard InChI is InChI=1S/C11H13N5O/c1-16(2)10-3-4-12-7-9(10)15-11(17)8-5-13-14-6-8/h3-7H,1-2H3,(H,13,14)(H,15,17). The van der Waals surface area contributed by atoms with E-state index < -0.39 is 0 Å². The van der Waals surface area contributed by atoms with Crippen LogP contribution in [-0.4, -0.2) is 35.2 Å². The summed E-state index contributed by atoms with van der Waals surface area (Å²) in [5.41, 5.74) is 2.05. The van der Waals surface area contributed by atoms with Gasteiger partial charge >= 0.3 is 0 Å². The topological polar surface area (TPSA) is 73.9 Å². The number of amides is 1. The number of nitrogens with zero attached hydrogens (tertiary/aromatic N) is 3. The molecule has 2 aromatic heterocycles. The van der Waals surface area contributed by atoms with Crippen molar-refractivity contribution in [2.24, 2.45) is 0 Å². The van der Waals surface area contributed by atoms with Gasteiger partial charge in [0.1, 0.15) is 0 Å². The van der Waals surface area contributed by atoms with Crippen molar-refractivity contribution in [3.8, 4) is 0 Å². The van der Waals surface area contributed by atoms with Crippen molar-refractivity contribution in [3.05, 3.63) is 36.4 Å². The summed E-state index contributed by atoms with van der Waals surface area (Å²) in [5, 5.41) is 9.12. The van der Waals surface area contributed by atoms with Crippen LogP contribution in [0.4, 0.5) is 11.4 Å². The van der Waals surface area contributed by atoms with Crippen molar-refractivity contribution in [3.63, 3.8) is 0 Å². The molecule has 0 aliphatic heterocycles. The monoisotopic (exact) mass is 231 g/mol. The molecule has 2 heterocycles. The van der Waals surface area contributed by atoms with Gasteiger partial charge < -0.3 is 10.2 Å². The number of aromatic amines is 1. The average Bonchev–Trinajstić information content (AvgIpc) is 2.83. The second kappa shape index (κ2) is 4.65. The highest BCUT2D eigenvalue weighted by atomic mass is 16.1. The summed E-state index contributed by atoms with van der Waals surface area (Å²) in [7, 11) is 3.81. The third-order valence-electron chi connectivity index (χ3n) is 2.29. The molecule has 6 nitrogen and oxygen atoms in total. The largest absolute Gasteiger partial charge is 0.376 e. The number of pyridine rings is 1. The molecule has 2 N–H and O–H groups in total. The molecule has 6 heteroatoms. The van der Waals surface area contributed by atoms with Crippen LogP contribution in [0, 0.1) is 0 Å². The van der Waals surface area contributed by atoms with Gasteiger partial charge in [0.25, 0.3) is 5.91 Å². The van der Waals surface area contributed by atoms with Crippen molar-refractivity contribution in [1.82, 2.24) is 15.2 Å². The molecule has 0 unspecified atom stereocenters.